The van der Waals surface area contributed by atoms with Gasteiger partial charge in [-0.05, 0) is 112 Å². The first-order valence-corrected chi connectivity index (χ1v) is 21.1. The van der Waals surface area contributed by atoms with Crippen molar-refractivity contribution in [2.45, 2.75) is 91.3 Å². The molecule has 1 aliphatic carbocycles. The molecule has 4 N–H and O–H groups in total. The van der Waals surface area contributed by atoms with E-state index in [-0.39, 0.29) is 18.0 Å². The quantitative estimate of drug-likeness (QED) is 0.116. The number of aromatic nitrogens is 2. The van der Waals surface area contributed by atoms with Crippen LogP contribution in [0.3, 0.4) is 0 Å². The molecule has 14 heteroatoms. The van der Waals surface area contributed by atoms with Gasteiger partial charge in [0.2, 0.25) is 5.91 Å². The molecule has 0 spiro atoms. The Bertz CT molecular complexity index is 1770. The van der Waals surface area contributed by atoms with Gasteiger partial charge < -0.3 is 35.6 Å². The van der Waals surface area contributed by atoms with E-state index in [9.17, 15) is 9.59 Å². The van der Waals surface area contributed by atoms with Crippen molar-refractivity contribution in [1.29, 1.82) is 5.26 Å². The number of ether oxygens (including phenoxy) is 1. The molecule has 1 aromatic heterocycles. The van der Waals surface area contributed by atoms with Crippen LogP contribution in [0.4, 0.5) is 10.5 Å². The number of allylic oxidation sites excluding steroid dienone is 2. The van der Waals surface area contributed by atoms with E-state index >= 15 is 0 Å². The Kier molecular flexibility index (Phi) is 29.3. The van der Waals surface area contributed by atoms with Crippen LogP contribution in [-0.2, 0) is 16.6 Å². The number of hydrogen-bond donors (Lipinski definition) is 3. The highest BCUT2D eigenvalue weighted by Gasteiger charge is 2.33. The Morgan fingerprint density at radius 3 is 2.17 bits per heavy atom. The monoisotopic (exact) mass is 865 g/mol. The summed E-state index contributed by atoms with van der Waals surface area (Å²) >= 11 is 11.9. The second-order valence-electron chi connectivity index (χ2n) is 13.2. The number of carbonyl (C=O) groups excluding carboxylic acids is 2. The molecule has 1 saturated heterocycles. The number of nitrogens with two attached hydrogens (primary N) is 1. The number of methoxy groups -OCH3 is 1. The van der Waals surface area contributed by atoms with Crippen molar-refractivity contribution in [3.8, 4) is 6.07 Å². The Hall–Kier alpha value is -4.93. The highest BCUT2D eigenvalue weighted by atomic mass is 35.5. The molecule has 0 radical (unpaired) electrons. The van der Waals surface area contributed by atoms with Crippen LogP contribution in [0.1, 0.15) is 102 Å². The molecule has 330 valence electrons. The van der Waals surface area contributed by atoms with Crippen LogP contribution in [0.15, 0.2) is 91.5 Å². The molecular weight excluding hydrogens is 797 g/mol. The van der Waals surface area contributed by atoms with Crippen LogP contribution in [0.25, 0.3) is 5.57 Å². The smallest absolute Gasteiger partial charge is 0.321 e. The topological polar surface area (TPSA) is 154 Å². The van der Waals surface area contributed by atoms with Gasteiger partial charge in [-0.1, -0.05) is 50.6 Å². The minimum atomic E-state index is -0.561. The van der Waals surface area contributed by atoms with Gasteiger partial charge in [-0.15, -0.1) is 24.8 Å². The maximum Gasteiger partial charge on any atom is 0.321 e. The number of nitrogens with one attached hydrogen (secondary N) is 2. The minimum absolute atomic E-state index is 0.116. The maximum absolute atomic E-state index is 13.3. The number of nitriles is 1. The molecule has 0 bridgehead atoms. The van der Waals surface area contributed by atoms with Gasteiger partial charge in [-0.3, -0.25) is 9.69 Å². The Morgan fingerprint density at radius 2 is 1.70 bits per heavy atom. The number of aryl methyl sites for hydroxylation is 1. The third-order valence-electron chi connectivity index (χ3n) is 8.94. The van der Waals surface area contributed by atoms with E-state index in [4.69, 9.17) is 38.9 Å². The second-order valence-corrected chi connectivity index (χ2v) is 14.5. The Morgan fingerprint density at radius 1 is 1.12 bits per heavy atom. The van der Waals surface area contributed by atoms with Crippen LogP contribution in [0.2, 0.25) is 5.02 Å². The number of carbonyl (C=O) groups is 2. The number of halogens is 2. The molecular formula is C46H69Cl2N9O3. The van der Waals surface area contributed by atoms with Crippen LogP contribution in [0, 0.1) is 11.3 Å². The van der Waals surface area contributed by atoms with Crippen molar-refractivity contribution in [2.24, 2.45) is 17.8 Å². The van der Waals surface area contributed by atoms with E-state index in [1.165, 1.54) is 6.20 Å². The third-order valence-corrected chi connectivity index (χ3v) is 9.18. The number of nitrogens with zero attached hydrogens (tertiary/aromatic N) is 6. The molecule has 3 unspecified atom stereocenters. The normalized spacial score (nSPS) is 15.4. The fourth-order valence-corrected chi connectivity index (χ4v) is 6.27. The first-order valence-electron chi connectivity index (χ1n) is 20.3. The fraction of sp³-hybridized carbons (Fsp3) is 0.457. The zero-order chi connectivity index (χ0) is 45.6. The number of fused-ring (bicyclic) bond motifs is 1. The summed E-state index contributed by atoms with van der Waals surface area (Å²) in [6, 6.07) is 14.5. The summed E-state index contributed by atoms with van der Waals surface area (Å²) in [6.07, 6.45) is 12.4. The summed E-state index contributed by atoms with van der Waals surface area (Å²) in [5.41, 5.74) is 10.0. The van der Waals surface area contributed by atoms with Gasteiger partial charge in [-0.2, -0.15) is 5.26 Å². The SMILES string of the molecule is C/C=C\N.C=C.CC.CC(C)Cl.CC=NC.CCC(OC)C(=O)NC(C1=CCCC(N2CCN(C(=O)Nc3ccc(C#N)cc3)CC2)c2ccc(Cl)cc21)c1cncn1C. The molecule has 1 fully saturated rings. The molecule has 60 heavy (non-hydrogen) atoms. The predicted octanol–water partition coefficient (Wildman–Crippen LogP) is 9.94. The van der Waals surface area contributed by atoms with Crippen LogP contribution in [0.5, 0.6) is 0 Å². The summed E-state index contributed by atoms with van der Waals surface area (Å²) < 4.78 is 7.37. The lowest BCUT2D eigenvalue weighted by Gasteiger charge is -2.40. The molecule has 5 rings (SSSR count). The third kappa shape index (κ3) is 18.6. The lowest BCUT2D eigenvalue weighted by molar-refractivity contribution is -0.131. The van der Waals surface area contributed by atoms with Crippen LogP contribution in [-0.4, -0.2) is 89.3 Å². The number of alkyl halides is 1. The number of amides is 3. The minimum Gasteiger partial charge on any atom is -0.405 e. The van der Waals surface area contributed by atoms with Gasteiger partial charge in [0.1, 0.15) is 6.10 Å². The van der Waals surface area contributed by atoms with Crippen molar-refractivity contribution in [2.75, 3.05) is 45.7 Å². The second kappa shape index (κ2) is 31.9. The van der Waals surface area contributed by atoms with Gasteiger partial charge in [0.25, 0.3) is 0 Å². The summed E-state index contributed by atoms with van der Waals surface area (Å²) in [5, 5.41) is 16.1. The summed E-state index contributed by atoms with van der Waals surface area (Å²) in [7, 11) is 5.22. The fourth-order valence-electron chi connectivity index (χ4n) is 6.10. The van der Waals surface area contributed by atoms with E-state index in [1.54, 1.807) is 63.2 Å². The molecule has 12 nitrogen and oxygen atoms in total. The molecule has 2 aromatic carbocycles. The number of urea groups is 1. The van der Waals surface area contributed by atoms with Gasteiger partial charge in [-0.25, -0.2) is 9.78 Å². The molecule has 3 aromatic rings. The predicted molar refractivity (Wildman–Crippen MR) is 253 cm³/mol. The van der Waals surface area contributed by atoms with Gasteiger partial charge in [0.15, 0.2) is 0 Å². The van der Waals surface area contributed by atoms with E-state index in [2.05, 4.69) is 56.9 Å². The Labute approximate surface area is 370 Å². The lowest BCUT2D eigenvalue weighted by Crippen LogP contribution is -2.50. The standard InChI is InChI=1S/C33H38ClN7O3.C3H7Cl.2C3H7N.C2H6.C2H4/c1-4-30(44-3)32(42)38-31(29-20-36-21-39(29)2)26-6-5-7-28(25-13-10-23(34)18-27(25)26)40-14-16-41(17-15-40)33(43)37-24-11-8-22(19-35)9-12-24;1-3(2)4;1-3-4-2;1-2-3-4;2*1-2/h6,8-13,18,20-21,28,30-31H,4-5,7,14-17H2,1-3H3,(H,37,43)(H,38,42);2*3H,1-2H3;2-3H,4H2,1H3;1-2H3;1-2H2/b;;;3-2-;;. The van der Waals surface area contributed by atoms with Gasteiger partial charge in [0.05, 0.1) is 35.9 Å². The maximum atomic E-state index is 13.3. The number of anilines is 1. The lowest BCUT2D eigenvalue weighted by atomic mass is 9.90. The number of imidazole rings is 1. The average Bonchev–Trinajstić information content (AvgIpc) is 3.61. The highest BCUT2D eigenvalue weighted by Crippen LogP contribution is 2.42. The largest absolute Gasteiger partial charge is 0.405 e. The van der Waals surface area contributed by atoms with Crippen molar-refractivity contribution in [1.82, 2.24) is 24.7 Å². The zero-order valence-electron chi connectivity index (χ0n) is 37.4. The molecule has 2 aliphatic rings. The molecule has 0 saturated carbocycles. The number of aliphatic imine (C=N–C) groups is 1. The van der Waals surface area contributed by atoms with Crippen molar-refractivity contribution < 1.29 is 14.3 Å². The number of benzene rings is 2. The number of rotatable bonds is 8. The molecule has 1 aliphatic heterocycles. The van der Waals surface area contributed by atoms with Crippen LogP contribution < -0.4 is 16.4 Å². The van der Waals surface area contributed by atoms with Crippen molar-refractivity contribution in [3.05, 3.63) is 114 Å². The average molecular weight is 867 g/mol. The zero-order valence-corrected chi connectivity index (χ0v) is 38.9. The molecule has 3 atom stereocenters. The number of hydrogen-bond acceptors (Lipinski definition) is 8. The summed E-state index contributed by atoms with van der Waals surface area (Å²) in [4.78, 5) is 38.5. The summed E-state index contributed by atoms with van der Waals surface area (Å²) in [6.45, 7) is 22.2. The van der Waals surface area contributed by atoms with Crippen molar-refractivity contribution in [3.63, 3.8) is 0 Å². The van der Waals surface area contributed by atoms with E-state index in [1.807, 2.05) is 77.1 Å². The number of piperazine rings is 1. The summed E-state index contributed by atoms with van der Waals surface area (Å²) in [5.74, 6) is -0.179. The molecule has 3 amide bonds. The van der Waals surface area contributed by atoms with Crippen LogP contribution >= 0.6 is 23.2 Å². The van der Waals surface area contributed by atoms with E-state index in [0.29, 0.717) is 41.2 Å². The van der Waals surface area contributed by atoms with Gasteiger partial charge >= 0.3 is 6.03 Å². The Balaban J connectivity index is 0.00000189. The molecule has 2 heterocycles. The first-order chi connectivity index (χ1) is 28.9. The van der Waals surface area contributed by atoms with E-state index in [0.717, 1.165) is 48.3 Å². The highest BCUT2D eigenvalue weighted by molar-refractivity contribution is 6.30. The van der Waals surface area contributed by atoms with Crippen molar-refractivity contribution >= 4 is 52.6 Å². The van der Waals surface area contributed by atoms with Gasteiger partial charge in [0, 0.05) is 69.5 Å². The first kappa shape index (κ1) is 55.1. The van der Waals surface area contributed by atoms with E-state index < -0.39 is 12.1 Å².